The molecule has 0 aliphatic carbocycles. The van der Waals surface area contributed by atoms with Crippen molar-refractivity contribution in [2.45, 2.75) is 6.92 Å². The number of nitrogens with one attached hydrogen (secondary N) is 1. The third-order valence-corrected chi connectivity index (χ3v) is 3.34. The molecular formula is C15H12N6O3. The predicted molar refractivity (Wildman–Crippen MR) is 84.9 cm³/mol. The average Bonchev–Trinajstić information content (AvgIpc) is 3.11. The van der Waals surface area contributed by atoms with Crippen LogP contribution >= 0.6 is 0 Å². The number of rotatable bonds is 4. The molecule has 0 aliphatic rings. The van der Waals surface area contributed by atoms with Crippen LogP contribution in [0.5, 0.6) is 0 Å². The van der Waals surface area contributed by atoms with Gasteiger partial charge in [0.05, 0.1) is 4.92 Å². The number of nitro benzene ring substituents is 1. The van der Waals surface area contributed by atoms with Crippen LogP contribution < -0.4 is 5.32 Å². The van der Waals surface area contributed by atoms with E-state index in [2.05, 4.69) is 20.5 Å². The van der Waals surface area contributed by atoms with Gasteiger partial charge in [-0.1, -0.05) is 12.1 Å². The third-order valence-electron chi connectivity index (χ3n) is 3.34. The number of nitrogens with zero attached hydrogens (tertiary/aromatic N) is 5. The first kappa shape index (κ1) is 15.3. The predicted octanol–water partition coefficient (Wildman–Crippen LogP) is 2.13. The van der Waals surface area contributed by atoms with Crippen molar-refractivity contribution in [3.8, 4) is 5.82 Å². The van der Waals surface area contributed by atoms with Crippen LogP contribution in [0.3, 0.4) is 0 Å². The number of nitro groups is 1. The van der Waals surface area contributed by atoms with Crippen LogP contribution in [-0.2, 0) is 0 Å². The van der Waals surface area contributed by atoms with Crippen LogP contribution in [0.25, 0.3) is 5.82 Å². The molecule has 0 atom stereocenters. The first-order valence-electron chi connectivity index (χ1n) is 6.93. The van der Waals surface area contributed by atoms with Crippen LogP contribution in [0.15, 0.2) is 49.1 Å². The fourth-order valence-corrected chi connectivity index (χ4v) is 2.12. The molecule has 0 saturated heterocycles. The molecule has 9 heteroatoms. The van der Waals surface area contributed by atoms with Gasteiger partial charge < -0.3 is 5.32 Å². The van der Waals surface area contributed by atoms with Gasteiger partial charge in [0.1, 0.15) is 12.0 Å². The molecule has 0 unspecified atom stereocenters. The van der Waals surface area contributed by atoms with Crippen LogP contribution in [0.1, 0.15) is 16.1 Å². The van der Waals surface area contributed by atoms with Crippen LogP contribution in [0.2, 0.25) is 0 Å². The monoisotopic (exact) mass is 324 g/mol. The van der Waals surface area contributed by atoms with Crippen molar-refractivity contribution in [3.05, 3.63) is 70.4 Å². The number of hydrogen-bond acceptors (Lipinski definition) is 6. The Labute approximate surface area is 136 Å². The Hall–Kier alpha value is -3.62. The largest absolute Gasteiger partial charge is 0.315 e. The Morgan fingerprint density at radius 1 is 1.25 bits per heavy atom. The molecule has 0 radical (unpaired) electrons. The van der Waals surface area contributed by atoms with Gasteiger partial charge in [-0.05, 0) is 24.6 Å². The summed E-state index contributed by atoms with van der Waals surface area (Å²) in [6.07, 6.45) is 4.85. The highest BCUT2D eigenvalue weighted by atomic mass is 16.6. The van der Waals surface area contributed by atoms with Gasteiger partial charge in [-0.3, -0.25) is 19.5 Å². The standard InChI is InChI=1S/C15H12N6O3/c1-10-3-2-4-12(21(23)24)14(10)17-15(22)11-5-6-13(19-18-11)20-8-7-16-9-20/h2-9H,1H3,(H,17,22). The Morgan fingerprint density at radius 2 is 2.08 bits per heavy atom. The summed E-state index contributed by atoms with van der Waals surface area (Å²) in [5, 5.41) is 21.4. The molecule has 1 amide bonds. The summed E-state index contributed by atoms with van der Waals surface area (Å²) >= 11 is 0. The Balaban J connectivity index is 1.85. The lowest BCUT2D eigenvalue weighted by Gasteiger charge is -2.08. The minimum Gasteiger partial charge on any atom is -0.315 e. The molecule has 0 aliphatic heterocycles. The first-order chi connectivity index (χ1) is 11.6. The minimum atomic E-state index is -0.572. The minimum absolute atomic E-state index is 0.0522. The zero-order valence-corrected chi connectivity index (χ0v) is 12.6. The fourth-order valence-electron chi connectivity index (χ4n) is 2.12. The summed E-state index contributed by atoms with van der Waals surface area (Å²) in [5.74, 6) is -0.0667. The van der Waals surface area contributed by atoms with E-state index >= 15 is 0 Å². The van der Waals surface area contributed by atoms with Gasteiger partial charge in [0, 0.05) is 18.5 Å². The molecule has 120 valence electrons. The fraction of sp³-hybridized carbons (Fsp3) is 0.0667. The molecule has 9 nitrogen and oxygen atoms in total. The second-order valence-electron chi connectivity index (χ2n) is 4.93. The SMILES string of the molecule is Cc1cccc([N+](=O)[O-])c1NC(=O)c1ccc(-n2ccnc2)nn1. The molecule has 0 spiro atoms. The lowest BCUT2D eigenvalue weighted by molar-refractivity contribution is -0.383. The van der Waals surface area contributed by atoms with E-state index in [1.807, 2.05) is 0 Å². The van der Waals surface area contributed by atoms with Crippen molar-refractivity contribution in [2.75, 3.05) is 5.32 Å². The summed E-state index contributed by atoms with van der Waals surface area (Å²) in [6, 6.07) is 7.66. The zero-order chi connectivity index (χ0) is 17.1. The number of aromatic nitrogens is 4. The second-order valence-corrected chi connectivity index (χ2v) is 4.93. The summed E-state index contributed by atoms with van der Waals surface area (Å²) in [6.45, 7) is 1.68. The highest BCUT2D eigenvalue weighted by Gasteiger charge is 2.19. The van der Waals surface area contributed by atoms with Crippen molar-refractivity contribution in [1.29, 1.82) is 0 Å². The van der Waals surface area contributed by atoms with Crippen LogP contribution in [-0.4, -0.2) is 30.6 Å². The molecule has 3 aromatic rings. The Bertz CT molecular complexity index is 890. The van der Waals surface area contributed by atoms with E-state index < -0.39 is 10.8 Å². The van der Waals surface area contributed by atoms with Gasteiger partial charge in [-0.25, -0.2) is 4.98 Å². The molecular weight excluding hydrogens is 312 g/mol. The van der Waals surface area contributed by atoms with E-state index in [1.54, 1.807) is 48.4 Å². The number of amides is 1. The van der Waals surface area contributed by atoms with Gasteiger partial charge >= 0.3 is 0 Å². The van der Waals surface area contributed by atoms with E-state index in [0.29, 0.717) is 11.4 Å². The molecule has 1 aromatic carbocycles. The number of carbonyl (C=O) groups is 1. The lowest BCUT2D eigenvalue weighted by atomic mass is 10.1. The number of hydrogen-bond donors (Lipinski definition) is 1. The summed E-state index contributed by atoms with van der Waals surface area (Å²) in [7, 11) is 0. The molecule has 1 N–H and O–H groups in total. The number of imidazole rings is 1. The van der Waals surface area contributed by atoms with Crippen LogP contribution in [0, 0.1) is 17.0 Å². The van der Waals surface area contributed by atoms with E-state index in [4.69, 9.17) is 0 Å². The van der Waals surface area contributed by atoms with Crippen molar-refractivity contribution < 1.29 is 9.72 Å². The van der Waals surface area contributed by atoms with Gasteiger partial charge in [-0.2, -0.15) is 0 Å². The summed E-state index contributed by atoms with van der Waals surface area (Å²) in [5.41, 5.74) is 0.608. The quantitative estimate of drug-likeness (QED) is 0.580. The average molecular weight is 324 g/mol. The van der Waals surface area contributed by atoms with Gasteiger partial charge in [0.2, 0.25) is 0 Å². The van der Waals surface area contributed by atoms with Gasteiger partial charge in [0.25, 0.3) is 11.6 Å². The second kappa shape index (κ2) is 6.24. The first-order valence-corrected chi connectivity index (χ1v) is 6.93. The topological polar surface area (TPSA) is 116 Å². The molecule has 0 bridgehead atoms. The third kappa shape index (κ3) is 2.95. The maximum Gasteiger partial charge on any atom is 0.293 e. The number of benzene rings is 1. The van der Waals surface area contributed by atoms with Crippen molar-refractivity contribution >= 4 is 17.3 Å². The Kier molecular flexibility index (Phi) is 3.98. The van der Waals surface area contributed by atoms with Crippen LogP contribution in [0.4, 0.5) is 11.4 Å². The molecule has 0 saturated carbocycles. The van der Waals surface area contributed by atoms with E-state index in [-0.39, 0.29) is 17.1 Å². The van der Waals surface area contributed by atoms with Crippen molar-refractivity contribution in [2.24, 2.45) is 0 Å². The van der Waals surface area contributed by atoms with E-state index in [1.165, 1.54) is 12.1 Å². The van der Waals surface area contributed by atoms with E-state index in [9.17, 15) is 14.9 Å². The molecule has 24 heavy (non-hydrogen) atoms. The Morgan fingerprint density at radius 3 is 2.71 bits per heavy atom. The normalized spacial score (nSPS) is 10.4. The number of carbonyl (C=O) groups excluding carboxylic acids is 1. The van der Waals surface area contributed by atoms with E-state index in [0.717, 1.165) is 0 Å². The molecule has 0 fully saturated rings. The van der Waals surface area contributed by atoms with Crippen molar-refractivity contribution in [3.63, 3.8) is 0 Å². The van der Waals surface area contributed by atoms with Crippen molar-refractivity contribution in [1.82, 2.24) is 19.7 Å². The lowest BCUT2D eigenvalue weighted by Crippen LogP contribution is -2.16. The number of para-hydroxylation sites is 1. The summed E-state index contributed by atoms with van der Waals surface area (Å²) in [4.78, 5) is 26.7. The van der Waals surface area contributed by atoms with Gasteiger partial charge in [-0.15, -0.1) is 10.2 Å². The molecule has 2 aromatic heterocycles. The maximum atomic E-state index is 12.3. The highest BCUT2D eigenvalue weighted by Crippen LogP contribution is 2.27. The zero-order valence-electron chi connectivity index (χ0n) is 12.6. The highest BCUT2D eigenvalue weighted by molar-refractivity contribution is 6.04. The summed E-state index contributed by atoms with van der Waals surface area (Å²) < 4.78 is 1.64. The smallest absolute Gasteiger partial charge is 0.293 e. The molecule has 2 heterocycles. The number of aryl methyl sites for hydroxylation is 1. The number of anilines is 1. The van der Waals surface area contributed by atoms with Gasteiger partial charge in [0.15, 0.2) is 11.5 Å². The maximum absolute atomic E-state index is 12.3. The molecule has 3 rings (SSSR count).